The molecule has 0 aromatic heterocycles. The minimum Gasteiger partial charge on any atom is -0.497 e. The number of methoxy groups -OCH3 is 1. The average molecular weight is 501 g/mol. The summed E-state index contributed by atoms with van der Waals surface area (Å²) in [6, 6.07) is 16.8. The van der Waals surface area contributed by atoms with Crippen LogP contribution in [0.1, 0.15) is 29.2 Å². The van der Waals surface area contributed by atoms with Crippen molar-refractivity contribution in [2.24, 2.45) is 0 Å². The number of anilines is 1. The lowest BCUT2D eigenvalue weighted by atomic mass is 10.1. The quantitative estimate of drug-likeness (QED) is 0.347. The zero-order valence-corrected chi connectivity index (χ0v) is 21.2. The first-order valence-electron chi connectivity index (χ1n) is 11.8. The summed E-state index contributed by atoms with van der Waals surface area (Å²) in [6.07, 6.45) is 1.42. The summed E-state index contributed by atoms with van der Waals surface area (Å²) in [7, 11) is 1.54. The summed E-state index contributed by atoms with van der Waals surface area (Å²) in [5, 5.41) is 2.24. The maximum Gasteiger partial charge on any atom is 0.335 e. The van der Waals surface area contributed by atoms with E-state index in [1.54, 1.807) is 49.6 Å². The molecule has 8 nitrogen and oxygen atoms in total. The van der Waals surface area contributed by atoms with Crippen molar-refractivity contribution in [3.8, 4) is 17.2 Å². The third kappa shape index (κ3) is 5.64. The Kier molecular flexibility index (Phi) is 7.57. The Hall–Kier alpha value is -4.59. The number of nitrogens with one attached hydrogen (secondary N) is 1. The van der Waals surface area contributed by atoms with Crippen LogP contribution in [0.15, 0.2) is 66.2 Å². The van der Waals surface area contributed by atoms with Gasteiger partial charge in [0, 0.05) is 11.6 Å². The zero-order chi connectivity index (χ0) is 26.5. The van der Waals surface area contributed by atoms with Crippen molar-refractivity contribution in [1.82, 2.24) is 5.32 Å². The molecule has 1 heterocycles. The molecule has 37 heavy (non-hydrogen) atoms. The van der Waals surface area contributed by atoms with Crippen molar-refractivity contribution in [3.63, 3.8) is 0 Å². The van der Waals surface area contributed by atoms with Gasteiger partial charge in [0.05, 0.1) is 19.4 Å². The highest BCUT2D eigenvalue weighted by Crippen LogP contribution is 2.30. The fraction of sp³-hybridized carbons (Fsp3) is 0.207. The second-order valence-electron chi connectivity index (χ2n) is 8.50. The lowest BCUT2D eigenvalue weighted by Gasteiger charge is -2.26. The fourth-order valence-electron chi connectivity index (χ4n) is 3.85. The van der Waals surface area contributed by atoms with Crippen molar-refractivity contribution < 1.29 is 28.6 Å². The molecule has 1 fully saturated rings. The molecule has 0 unspecified atom stereocenters. The van der Waals surface area contributed by atoms with E-state index in [1.807, 2.05) is 39.0 Å². The number of hydrogen-bond acceptors (Lipinski definition) is 6. The number of carbonyl (C=O) groups excluding carboxylic acids is 3. The van der Waals surface area contributed by atoms with E-state index >= 15 is 0 Å². The fourth-order valence-corrected chi connectivity index (χ4v) is 3.85. The molecular formula is C29H28N2O6. The highest BCUT2D eigenvalue weighted by Gasteiger charge is 2.37. The zero-order valence-electron chi connectivity index (χ0n) is 21.2. The Morgan fingerprint density at radius 2 is 1.59 bits per heavy atom. The first-order valence-corrected chi connectivity index (χ1v) is 11.8. The number of urea groups is 1. The molecule has 0 radical (unpaired) electrons. The van der Waals surface area contributed by atoms with E-state index in [2.05, 4.69) is 5.32 Å². The second-order valence-corrected chi connectivity index (χ2v) is 8.50. The third-order valence-corrected chi connectivity index (χ3v) is 5.99. The molecule has 1 aliphatic heterocycles. The van der Waals surface area contributed by atoms with E-state index in [9.17, 15) is 14.4 Å². The van der Waals surface area contributed by atoms with Gasteiger partial charge >= 0.3 is 6.03 Å². The summed E-state index contributed by atoms with van der Waals surface area (Å²) >= 11 is 0. The number of amides is 4. The molecular weight excluding hydrogens is 472 g/mol. The van der Waals surface area contributed by atoms with E-state index < -0.39 is 17.8 Å². The lowest BCUT2D eigenvalue weighted by molar-refractivity contribution is -0.122. The van der Waals surface area contributed by atoms with Crippen LogP contribution in [0, 0.1) is 13.8 Å². The number of rotatable bonds is 8. The maximum atomic E-state index is 13.3. The molecule has 190 valence electrons. The first kappa shape index (κ1) is 25.5. The van der Waals surface area contributed by atoms with Crippen molar-refractivity contribution in [3.05, 3.63) is 88.5 Å². The molecule has 4 rings (SSSR count). The maximum absolute atomic E-state index is 13.3. The Bertz CT molecular complexity index is 1380. The number of carbonyl (C=O) groups is 3. The summed E-state index contributed by atoms with van der Waals surface area (Å²) < 4.78 is 16.8. The summed E-state index contributed by atoms with van der Waals surface area (Å²) in [5.74, 6) is 0.0618. The molecule has 3 aromatic rings. The van der Waals surface area contributed by atoms with Gasteiger partial charge in [0.25, 0.3) is 11.8 Å². The van der Waals surface area contributed by atoms with E-state index in [0.29, 0.717) is 35.1 Å². The molecule has 0 atom stereocenters. The molecule has 1 aliphatic rings. The molecule has 1 N–H and O–H groups in total. The topological polar surface area (TPSA) is 94.2 Å². The Morgan fingerprint density at radius 1 is 0.865 bits per heavy atom. The van der Waals surface area contributed by atoms with Crippen molar-refractivity contribution in [1.29, 1.82) is 0 Å². The highest BCUT2D eigenvalue weighted by atomic mass is 16.5. The molecule has 8 heteroatoms. The SMILES string of the molecule is CCOc1ccc(N2C(=O)NC(=O)/C(=C\c3ccc(OC)cc3OCc3ccc(C)c(C)c3)C2=O)cc1. The van der Waals surface area contributed by atoms with Gasteiger partial charge in [-0.3, -0.25) is 14.9 Å². The van der Waals surface area contributed by atoms with Crippen LogP contribution >= 0.6 is 0 Å². The number of hydrogen-bond donors (Lipinski definition) is 1. The van der Waals surface area contributed by atoms with Crippen LogP contribution in [0.4, 0.5) is 10.5 Å². The Morgan fingerprint density at radius 3 is 2.27 bits per heavy atom. The van der Waals surface area contributed by atoms with Gasteiger partial charge in [-0.2, -0.15) is 0 Å². The number of imide groups is 2. The largest absolute Gasteiger partial charge is 0.497 e. The van der Waals surface area contributed by atoms with Crippen LogP contribution in [0.3, 0.4) is 0 Å². The van der Waals surface area contributed by atoms with Crippen molar-refractivity contribution >= 4 is 29.6 Å². The summed E-state index contributed by atoms with van der Waals surface area (Å²) in [6.45, 7) is 6.70. The van der Waals surface area contributed by atoms with Crippen LogP contribution in [0.5, 0.6) is 17.2 Å². The summed E-state index contributed by atoms with van der Waals surface area (Å²) in [4.78, 5) is 39.5. The van der Waals surface area contributed by atoms with E-state index in [0.717, 1.165) is 16.0 Å². The molecule has 0 saturated carbocycles. The lowest BCUT2D eigenvalue weighted by Crippen LogP contribution is -2.54. The van der Waals surface area contributed by atoms with E-state index in [4.69, 9.17) is 14.2 Å². The molecule has 0 spiro atoms. The number of ether oxygens (including phenoxy) is 3. The van der Waals surface area contributed by atoms with Gasteiger partial charge in [0.1, 0.15) is 29.4 Å². The smallest absolute Gasteiger partial charge is 0.335 e. The van der Waals surface area contributed by atoms with Crippen molar-refractivity contribution in [2.45, 2.75) is 27.4 Å². The van der Waals surface area contributed by atoms with Gasteiger partial charge in [-0.1, -0.05) is 18.2 Å². The molecule has 4 amide bonds. The highest BCUT2D eigenvalue weighted by molar-refractivity contribution is 6.39. The number of barbiturate groups is 1. The molecule has 0 bridgehead atoms. The van der Waals surface area contributed by atoms with Gasteiger partial charge in [-0.25, -0.2) is 9.69 Å². The van der Waals surface area contributed by atoms with Gasteiger partial charge in [-0.15, -0.1) is 0 Å². The summed E-state index contributed by atoms with van der Waals surface area (Å²) in [5.41, 5.74) is 3.91. The van der Waals surface area contributed by atoms with E-state index in [-0.39, 0.29) is 12.2 Å². The second kappa shape index (κ2) is 11.0. The Labute approximate surface area is 215 Å². The van der Waals surface area contributed by atoms with Crippen molar-refractivity contribution in [2.75, 3.05) is 18.6 Å². The van der Waals surface area contributed by atoms with E-state index in [1.165, 1.54) is 11.6 Å². The predicted molar refractivity (Wildman–Crippen MR) is 140 cm³/mol. The standard InChI is InChI=1S/C29H28N2O6/c1-5-36-23-12-9-22(10-13-23)31-28(33)25(27(32)30-29(31)34)15-21-8-11-24(35-4)16-26(21)37-17-20-7-6-18(2)19(3)14-20/h6-16H,5,17H2,1-4H3,(H,30,32,34)/b25-15+. The molecule has 3 aromatic carbocycles. The third-order valence-electron chi connectivity index (χ3n) is 5.99. The normalized spacial score (nSPS) is 14.5. The van der Waals surface area contributed by atoms with Gasteiger partial charge in [0.2, 0.25) is 0 Å². The molecule has 0 aliphatic carbocycles. The van der Waals surface area contributed by atoms with Crippen LogP contribution in [-0.4, -0.2) is 31.6 Å². The van der Waals surface area contributed by atoms with Crippen LogP contribution in [0.2, 0.25) is 0 Å². The van der Waals surface area contributed by atoms with Gasteiger partial charge in [0.15, 0.2) is 0 Å². The number of aryl methyl sites for hydroxylation is 2. The molecule has 1 saturated heterocycles. The van der Waals surface area contributed by atoms with Crippen LogP contribution in [-0.2, 0) is 16.2 Å². The van der Waals surface area contributed by atoms with Crippen LogP contribution in [0.25, 0.3) is 6.08 Å². The minimum absolute atomic E-state index is 0.199. The predicted octanol–water partition coefficient (Wildman–Crippen LogP) is 4.96. The average Bonchev–Trinajstić information content (AvgIpc) is 2.88. The number of benzene rings is 3. The minimum atomic E-state index is -0.822. The monoisotopic (exact) mass is 500 g/mol. The number of nitrogens with zero attached hydrogens (tertiary/aromatic N) is 1. The Balaban J connectivity index is 1.65. The van der Waals surface area contributed by atoms with Crippen LogP contribution < -0.4 is 24.4 Å². The van der Waals surface area contributed by atoms with Gasteiger partial charge in [-0.05, 0) is 79.9 Å². The van der Waals surface area contributed by atoms with Gasteiger partial charge < -0.3 is 14.2 Å². The first-order chi connectivity index (χ1) is 17.8.